The SMILES string of the molecule is CCCC(C)(O)CNCC(=O)OC. The molecule has 78 valence electrons. The Morgan fingerprint density at radius 2 is 2.23 bits per heavy atom. The van der Waals surface area contributed by atoms with Crippen molar-refractivity contribution >= 4 is 5.97 Å². The Labute approximate surface area is 79.3 Å². The van der Waals surface area contributed by atoms with Crippen LogP contribution >= 0.6 is 0 Å². The molecular weight excluding hydrogens is 170 g/mol. The second-order valence-electron chi connectivity index (χ2n) is 3.43. The highest BCUT2D eigenvalue weighted by Gasteiger charge is 2.18. The summed E-state index contributed by atoms with van der Waals surface area (Å²) in [4.78, 5) is 10.7. The van der Waals surface area contributed by atoms with Crippen LogP contribution in [0, 0.1) is 0 Å². The Morgan fingerprint density at radius 3 is 2.69 bits per heavy atom. The largest absolute Gasteiger partial charge is 0.468 e. The van der Waals surface area contributed by atoms with Crippen molar-refractivity contribution in [2.45, 2.75) is 32.3 Å². The van der Waals surface area contributed by atoms with E-state index >= 15 is 0 Å². The minimum absolute atomic E-state index is 0.149. The molecule has 1 atom stereocenters. The first-order valence-corrected chi connectivity index (χ1v) is 4.51. The second kappa shape index (κ2) is 5.94. The molecule has 0 aliphatic carbocycles. The van der Waals surface area contributed by atoms with Crippen LogP contribution in [0.1, 0.15) is 26.7 Å². The molecule has 0 saturated heterocycles. The van der Waals surface area contributed by atoms with Crippen LogP contribution in [0.4, 0.5) is 0 Å². The van der Waals surface area contributed by atoms with Crippen molar-refractivity contribution in [2.24, 2.45) is 0 Å². The van der Waals surface area contributed by atoms with E-state index in [4.69, 9.17) is 0 Å². The van der Waals surface area contributed by atoms with Crippen molar-refractivity contribution in [3.05, 3.63) is 0 Å². The van der Waals surface area contributed by atoms with Crippen LogP contribution in [0.3, 0.4) is 0 Å². The van der Waals surface area contributed by atoms with E-state index in [1.165, 1.54) is 7.11 Å². The standard InChI is InChI=1S/C9H19NO3/c1-4-5-9(2,12)7-10-6-8(11)13-3/h10,12H,4-7H2,1-3H3. The number of carbonyl (C=O) groups is 1. The van der Waals surface area contributed by atoms with E-state index in [1.54, 1.807) is 6.92 Å². The molecule has 0 fully saturated rings. The zero-order chi connectivity index (χ0) is 10.3. The van der Waals surface area contributed by atoms with Gasteiger partial charge in [-0.25, -0.2) is 0 Å². The molecule has 0 aliphatic rings. The molecule has 0 radical (unpaired) electrons. The molecule has 1 unspecified atom stereocenters. The summed E-state index contributed by atoms with van der Waals surface area (Å²) < 4.78 is 4.44. The second-order valence-corrected chi connectivity index (χ2v) is 3.43. The summed E-state index contributed by atoms with van der Waals surface area (Å²) in [5.41, 5.74) is -0.733. The average Bonchev–Trinajstić information content (AvgIpc) is 2.03. The fourth-order valence-corrected chi connectivity index (χ4v) is 1.13. The van der Waals surface area contributed by atoms with Gasteiger partial charge in [-0.15, -0.1) is 0 Å². The van der Waals surface area contributed by atoms with Gasteiger partial charge in [0.15, 0.2) is 0 Å². The van der Waals surface area contributed by atoms with Gasteiger partial charge in [0.1, 0.15) is 0 Å². The summed E-state index contributed by atoms with van der Waals surface area (Å²) >= 11 is 0. The van der Waals surface area contributed by atoms with Crippen molar-refractivity contribution in [3.63, 3.8) is 0 Å². The summed E-state index contributed by atoms with van der Waals surface area (Å²) in [5, 5.41) is 12.5. The molecule has 0 rings (SSSR count). The minimum Gasteiger partial charge on any atom is -0.468 e. The number of carbonyl (C=O) groups excluding carboxylic acids is 1. The quantitative estimate of drug-likeness (QED) is 0.590. The van der Waals surface area contributed by atoms with Gasteiger partial charge in [0, 0.05) is 6.54 Å². The van der Waals surface area contributed by atoms with Gasteiger partial charge in [0.25, 0.3) is 0 Å². The maximum absolute atomic E-state index is 10.7. The molecule has 0 heterocycles. The van der Waals surface area contributed by atoms with Crippen LogP contribution < -0.4 is 5.32 Å². The average molecular weight is 189 g/mol. The number of ether oxygens (including phenoxy) is 1. The number of methoxy groups -OCH3 is 1. The van der Waals surface area contributed by atoms with Crippen LogP contribution in [0.5, 0.6) is 0 Å². The molecule has 0 amide bonds. The zero-order valence-electron chi connectivity index (χ0n) is 8.59. The number of rotatable bonds is 6. The van der Waals surface area contributed by atoms with Crippen molar-refractivity contribution in [1.29, 1.82) is 0 Å². The Bertz CT molecular complexity index is 157. The molecular formula is C9H19NO3. The molecule has 13 heavy (non-hydrogen) atoms. The van der Waals surface area contributed by atoms with E-state index in [-0.39, 0.29) is 12.5 Å². The fourth-order valence-electron chi connectivity index (χ4n) is 1.13. The third-order valence-electron chi connectivity index (χ3n) is 1.79. The predicted octanol–water partition coefficient (Wildman–Crippen LogP) is 0.300. The molecule has 0 bridgehead atoms. The van der Waals surface area contributed by atoms with Gasteiger partial charge in [0.2, 0.25) is 0 Å². The molecule has 0 aromatic heterocycles. The normalized spacial score (nSPS) is 15.1. The number of hydrogen-bond donors (Lipinski definition) is 2. The monoisotopic (exact) mass is 189 g/mol. The number of aliphatic hydroxyl groups is 1. The highest BCUT2D eigenvalue weighted by molar-refractivity contribution is 5.71. The molecule has 0 aromatic rings. The third kappa shape index (κ3) is 6.54. The highest BCUT2D eigenvalue weighted by Crippen LogP contribution is 2.09. The Balaban J connectivity index is 3.56. The Kier molecular flexibility index (Phi) is 5.66. The molecule has 0 saturated carbocycles. The summed E-state index contributed by atoms with van der Waals surface area (Å²) in [6, 6.07) is 0. The number of esters is 1. The summed E-state index contributed by atoms with van der Waals surface area (Å²) in [6.07, 6.45) is 1.65. The molecule has 0 aromatic carbocycles. The molecule has 4 nitrogen and oxygen atoms in total. The highest BCUT2D eigenvalue weighted by atomic mass is 16.5. The van der Waals surface area contributed by atoms with E-state index in [9.17, 15) is 9.90 Å². The van der Waals surface area contributed by atoms with Crippen LogP contribution in [0.15, 0.2) is 0 Å². The van der Waals surface area contributed by atoms with Gasteiger partial charge >= 0.3 is 5.97 Å². The number of hydrogen-bond acceptors (Lipinski definition) is 4. The predicted molar refractivity (Wildman–Crippen MR) is 50.4 cm³/mol. The van der Waals surface area contributed by atoms with Crippen molar-refractivity contribution in [3.8, 4) is 0 Å². The topological polar surface area (TPSA) is 58.6 Å². The summed E-state index contributed by atoms with van der Waals surface area (Å²) in [5.74, 6) is -0.313. The van der Waals surface area contributed by atoms with Gasteiger partial charge < -0.3 is 15.2 Å². The van der Waals surface area contributed by atoms with Crippen LogP contribution in [-0.2, 0) is 9.53 Å². The lowest BCUT2D eigenvalue weighted by Gasteiger charge is -2.22. The lowest BCUT2D eigenvalue weighted by molar-refractivity contribution is -0.139. The molecule has 0 aliphatic heterocycles. The van der Waals surface area contributed by atoms with Crippen LogP contribution in [0.2, 0.25) is 0 Å². The van der Waals surface area contributed by atoms with E-state index in [1.807, 2.05) is 6.92 Å². The Hall–Kier alpha value is -0.610. The molecule has 2 N–H and O–H groups in total. The minimum atomic E-state index is -0.733. The van der Waals surface area contributed by atoms with Gasteiger partial charge in [-0.05, 0) is 13.3 Å². The molecule has 4 heteroatoms. The van der Waals surface area contributed by atoms with E-state index in [0.29, 0.717) is 6.54 Å². The first-order chi connectivity index (χ1) is 6.02. The van der Waals surface area contributed by atoms with E-state index in [0.717, 1.165) is 12.8 Å². The van der Waals surface area contributed by atoms with Crippen LogP contribution in [-0.4, -0.2) is 36.9 Å². The summed E-state index contributed by atoms with van der Waals surface area (Å²) in [6.45, 7) is 4.32. The maximum Gasteiger partial charge on any atom is 0.319 e. The lowest BCUT2D eigenvalue weighted by Crippen LogP contribution is -2.39. The van der Waals surface area contributed by atoms with Gasteiger partial charge in [0.05, 0.1) is 19.3 Å². The number of nitrogens with one attached hydrogen (secondary N) is 1. The zero-order valence-corrected chi connectivity index (χ0v) is 8.59. The van der Waals surface area contributed by atoms with Crippen molar-refractivity contribution in [1.82, 2.24) is 5.32 Å². The van der Waals surface area contributed by atoms with Gasteiger partial charge in [-0.1, -0.05) is 13.3 Å². The maximum atomic E-state index is 10.7. The first kappa shape index (κ1) is 12.4. The van der Waals surface area contributed by atoms with Gasteiger partial charge in [-0.3, -0.25) is 4.79 Å². The lowest BCUT2D eigenvalue weighted by atomic mass is 10.0. The van der Waals surface area contributed by atoms with E-state index in [2.05, 4.69) is 10.1 Å². The van der Waals surface area contributed by atoms with Crippen molar-refractivity contribution in [2.75, 3.05) is 20.2 Å². The van der Waals surface area contributed by atoms with E-state index < -0.39 is 5.60 Å². The third-order valence-corrected chi connectivity index (χ3v) is 1.79. The summed E-state index contributed by atoms with van der Waals surface area (Å²) in [7, 11) is 1.34. The van der Waals surface area contributed by atoms with Gasteiger partial charge in [-0.2, -0.15) is 0 Å². The first-order valence-electron chi connectivity index (χ1n) is 4.51. The molecule has 0 spiro atoms. The van der Waals surface area contributed by atoms with Crippen LogP contribution in [0.25, 0.3) is 0 Å². The smallest absolute Gasteiger partial charge is 0.319 e. The Morgan fingerprint density at radius 1 is 1.62 bits per heavy atom. The fraction of sp³-hybridized carbons (Fsp3) is 0.889. The van der Waals surface area contributed by atoms with Crippen molar-refractivity contribution < 1.29 is 14.6 Å².